The molecule has 146 valence electrons. The smallest absolute Gasteiger partial charge is 0.303 e. The SMILES string of the molecule is CC/C=C/C/C=C/C/C=C/C/C=C/C[C@@H](O)[C@H](O)C/C=C/CCC(=O)O. The van der Waals surface area contributed by atoms with Crippen molar-refractivity contribution in [3.8, 4) is 0 Å². The van der Waals surface area contributed by atoms with E-state index in [1.165, 1.54) is 0 Å². The van der Waals surface area contributed by atoms with E-state index in [1.807, 2.05) is 12.2 Å². The van der Waals surface area contributed by atoms with Gasteiger partial charge in [-0.15, -0.1) is 0 Å². The lowest BCUT2D eigenvalue weighted by Gasteiger charge is -2.14. The first-order valence-corrected chi connectivity index (χ1v) is 9.40. The summed E-state index contributed by atoms with van der Waals surface area (Å²) in [4.78, 5) is 10.4. The average molecular weight is 363 g/mol. The summed E-state index contributed by atoms with van der Waals surface area (Å²) in [6.07, 6.45) is 23.5. The van der Waals surface area contributed by atoms with Gasteiger partial charge in [-0.1, -0.05) is 67.7 Å². The van der Waals surface area contributed by atoms with E-state index in [9.17, 15) is 15.0 Å². The molecule has 4 heteroatoms. The highest BCUT2D eigenvalue weighted by Crippen LogP contribution is 2.06. The highest BCUT2D eigenvalue weighted by molar-refractivity contribution is 5.66. The number of rotatable bonds is 15. The molecular weight excluding hydrogens is 328 g/mol. The van der Waals surface area contributed by atoms with Crippen molar-refractivity contribution in [1.29, 1.82) is 0 Å². The molecule has 0 aromatic carbocycles. The van der Waals surface area contributed by atoms with Gasteiger partial charge < -0.3 is 15.3 Å². The molecule has 0 heterocycles. The van der Waals surface area contributed by atoms with E-state index in [1.54, 1.807) is 12.2 Å². The highest BCUT2D eigenvalue weighted by Gasteiger charge is 2.12. The predicted molar refractivity (Wildman–Crippen MR) is 108 cm³/mol. The van der Waals surface area contributed by atoms with E-state index in [2.05, 4.69) is 43.4 Å². The molecule has 0 amide bonds. The molecule has 0 rings (SSSR count). The van der Waals surface area contributed by atoms with Crippen molar-refractivity contribution in [1.82, 2.24) is 0 Å². The van der Waals surface area contributed by atoms with Crippen LogP contribution < -0.4 is 0 Å². The first-order valence-electron chi connectivity index (χ1n) is 9.40. The Morgan fingerprint density at radius 2 is 1.15 bits per heavy atom. The summed E-state index contributed by atoms with van der Waals surface area (Å²) in [6, 6.07) is 0. The lowest BCUT2D eigenvalue weighted by atomic mass is 10.1. The molecule has 4 nitrogen and oxygen atoms in total. The van der Waals surface area contributed by atoms with Gasteiger partial charge in [0, 0.05) is 6.42 Å². The topological polar surface area (TPSA) is 77.8 Å². The summed E-state index contributed by atoms with van der Waals surface area (Å²) in [6.45, 7) is 2.12. The Morgan fingerprint density at radius 3 is 1.62 bits per heavy atom. The number of carboxylic acids is 1. The Morgan fingerprint density at radius 1 is 0.731 bits per heavy atom. The first kappa shape index (κ1) is 24.1. The predicted octanol–water partition coefficient (Wildman–Crippen LogP) is 4.71. The molecule has 0 aromatic heterocycles. The van der Waals surface area contributed by atoms with Crippen LogP contribution in [0.4, 0.5) is 0 Å². The van der Waals surface area contributed by atoms with Gasteiger partial charge >= 0.3 is 5.97 Å². The van der Waals surface area contributed by atoms with E-state index in [0.29, 0.717) is 19.3 Å². The minimum absolute atomic E-state index is 0.0805. The van der Waals surface area contributed by atoms with Gasteiger partial charge in [0.25, 0.3) is 0 Å². The molecule has 0 radical (unpaired) electrons. The zero-order valence-corrected chi connectivity index (χ0v) is 15.8. The van der Waals surface area contributed by atoms with Gasteiger partial charge in [-0.3, -0.25) is 4.79 Å². The summed E-state index contributed by atoms with van der Waals surface area (Å²) < 4.78 is 0. The summed E-state index contributed by atoms with van der Waals surface area (Å²) in [5.41, 5.74) is 0. The van der Waals surface area contributed by atoms with E-state index in [4.69, 9.17) is 5.11 Å². The van der Waals surface area contributed by atoms with Gasteiger partial charge in [0.2, 0.25) is 0 Å². The van der Waals surface area contributed by atoms with E-state index < -0.39 is 18.2 Å². The fraction of sp³-hybridized carbons (Fsp3) is 0.500. The third-order valence-electron chi connectivity index (χ3n) is 3.61. The van der Waals surface area contributed by atoms with E-state index in [-0.39, 0.29) is 6.42 Å². The van der Waals surface area contributed by atoms with Gasteiger partial charge in [-0.05, 0) is 44.9 Å². The number of hydrogen-bond donors (Lipinski definition) is 3. The van der Waals surface area contributed by atoms with Crippen molar-refractivity contribution in [3.05, 3.63) is 60.8 Å². The van der Waals surface area contributed by atoms with Crippen LogP contribution in [0.5, 0.6) is 0 Å². The molecule has 3 N–H and O–H groups in total. The fourth-order valence-corrected chi connectivity index (χ4v) is 2.09. The number of aliphatic carboxylic acids is 1. The van der Waals surface area contributed by atoms with Crippen LogP contribution >= 0.6 is 0 Å². The van der Waals surface area contributed by atoms with Crippen LogP contribution in [0.2, 0.25) is 0 Å². The van der Waals surface area contributed by atoms with Crippen LogP contribution in [0, 0.1) is 0 Å². The molecule has 2 atom stereocenters. The Balaban J connectivity index is 3.77. The monoisotopic (exact) mass is 362 g/mol. The van der Waals surface area contributed by atoms with Crippen LogP contribution in [-0.4, -0.2) is 33.5 Å². The molecule has 0 spiro atoms. The van der Waals surface area contributed by atoms with Crippen molar-refractivity contribution in [3.63, 3.8) is 0 Å². The van der Waals surface area contributed by atoms with Crippen LogP contribution in [0.15, 0.2) is 60.8 Å². The van der Waals surface area contributed by atoms with Gasteiger partial charge in [0.05, 0.1) is 12.2 Å². The van der Waals surface area contributed by atoms with Crippen molar-refractivity contribution in [2.24, 2.45) is 0 Å². The summed E-state index contributed by atoms with van der Waals surface area (Å²) >= 11 is 0. The molecule has 0 aliphatic rings. The maximum atomic E-state index is 10.4. The molecule has 26 heavy (non-hydrogen) atoms. The standard InChI is InChI=1S/C22H34O4/c1-2-3-4-5-6-7-8-9-10-11-12-14-17-20(23)21(24)18-15-13-16-19-22(25)26/h3-4,6-7,9-10,12-15,20-21,23-24H,2,5,8,11,16-19H2,1H3,(H,25,26)/b4-3+,7-6+,10-9+,14-12+,15-13+/t20-,21-/m1/s1. The Kier molecular flexibility index (Phi) is 16.6. The lowest BCUT2D eigenvalue weighted by Crippen LogP contribution is -2.24. The van der Waals surface area contributed by atoms with Crippen LogP contribution in [-0.2, 0) is 4.79 Å². The van der Waals surface area contributed by atoms with E-state index >= 15 is 0 Å². The molecule has 0 unspecified atom stereocenters. The molecule has 0 bridgehead atoms. The molecule has 0 aromatic rings. The second kappa shape index (κ2) is 17.9. The summed E-state index contributed by atoms with van der Waals surface area (Å²) in [5, 5.41) is 28.2. The normalized spacial score (nSPS) is 15.2. The molecule has 0 saturated heterocycles. The first-order chi connectivity index (χ1) is 12.6. The highest BCUT2D eigenvalue weighted by atomic mass is 16.4. The number of carbonyl (C=O) groups is 1. The Labute approximate surface area is 157 Å². The number of hydrogen-bond acceptors (Lipinski definition) is 3. The van der Waals surface area contributed by atoms with Gasteiger partial charge in [0.1, 0.15) is 0 Å². The third kappa shape index (κ3) is 16.9. The lowest BCUT2D eigenvalue weighted by molar-refractivity contribution is -0.136. The second-order valence-electron chi connectivity index (χ2n) is 6.01. The Bertz CT molecular complexity index is 486. The summed E-state index contributed by atoms with van der Waals surface area (Å²) in [7, 11) is 0. The molecular formula is C22H34O4. The minimum Gasteiger partial charge on any atom is -0.481 e. The van der Waals surface area contributed by atoms with Crippen LogP contribution in [0.3, 0.4) is 0 Å². The van der Waals surface area contributed by atoms with Crippen molar-refractivity contribution in [2.75, 3.05) is 0 Å². The van der Waals surface area contributed by atoms with Crippen molar-refractivity contribution < 1.29 is 20.1 Å². The average Bonchev–Trinajstić information content (AvgIpc) is 2.61. The largest absolute Gasteiger partial charge is 0.481 e. The zero-order chi connectivity index (χ0) is 19.5. The summed E-state index contributed by atoms with van der Waals surface area (Å²) in [5.74, 6) is -0.838. The number of aliphatic hydroxyl groups excluding tert-OH is 2. The van der Waals surface area contributed by atoms with Crippen molar-refractivity contribution in [2.45, 2.75) is 70.5 Å². The van der Waals surface area contributed by atoms with Crippen LogP contribution in [0.25, 0.3) is 0 Å². The van der Waals surface area contributed by atoms with Gasteiger partial charge in [-0.2, -0.15) is 0 Å². The molecule has 0 saturated carbocycles. The number of carboxylic acid groups (broad SMARTS) is 1. The quantitative estimate of drug-likeness (QED) is 0.369. The maximum Gasteiger partial charge on any atom is 0.303 e. The zero-order valence-electron chi connectivity index (χ0n) is 15.8. The molecule has 0 aliphatic heterocycles. The fourth-order valence-electron chi connectivity index (χ4n) is 2.09. The third-order valence-corrected chi connectivity index (χ3v) is 3.61. The Hall–Kier alpha value is -1.91. The minimum atomic E-state index is -0.838. The molecule has 0 aliphatic carbocycles. The van der Waals surface area contributed by atoms with Gasteiger partial charge in [-0.25, -0.2) is 0 Å². The van der Waals surface area contributed by atoms with Gasteiger partial charge in [0.15, 0.2) is 0 Å². The second-order valence-corrected chi connectivity index (χ2v) is 6.01. The van der Waals surface area contributed by atoms with Crippen molar-refractivity contribution >= 4 is 5.97 Å². The maximum absolute atomic E-state index is 10.4. The number of allylic oxidation sites excluding steroid dienone is 8. The van der Waals surface area contributed by atoms with Crippen LogP contribution in [0.1, 0.15) is 58.3 Å². The molecule has 0 fully saturated rings. The number of aliphatic hydroxyl groups is 2. The van der Waals surface area contributed by atoms with E-state index in [0.717, 1.165) is 25.7 Å².